The number of hydrogen-bond acceptors (Lipinski definition) is 4. The standard InChI is InChI=1S/C31H46N4O2/c36-30(37)22-33-19-11-18-29(33)31-32-27-16-8-9-17-28(27)35(31)26-20-24-14-10-15-25(21-26)34(24)23-12-6-4-2-1-3-5-7-13-23/h8-9,16-17,23-26,29H,1-7,10-15,18-22H2,(H,36,37)/t24-,25+,26+,29-/m1/s1. The van der Waals surface area contributed by atoms with E-state index in [9.17, 15) is 9.90 Å². The Morgan fingerprint density at radius 3 is 2.14 bits per heavy atom. The quantitative estimate of drug-likeness (QED) is 0.488. The SMILES string of the molecule is O=C(O)CN1CCC[C@@H]1c1nc2ccccc2n1[C@H]1C[C@H]2CCC[C@@H](C1)N2C1CCCCCCCCC1. The highest BCUT2D eigenvalue weighted by molar-refractivity contribution is 5.76. The van der Waals surface area contributed by atoms with E-state index in [4.69, 9.17) is 4.98 Å². The second kappa shape index (κ2) is 11.4. The van der Waals surface area contributed by atoms with E-state index in [1.807, 2.05) is 0 Å². The van der Waals surface area contributed by atoms with Crippen LogP contribution >= 0.6 is 0 Å². The molecule has 0 radical (unpaired) electrons. The smallest absolute Gasteiger partial charge is 0.317 e. The number of imidazole rings is 1. The molecule has 4 aliphatic rings. The molecule has 6 heteroatoms. The second-order valence-electron chi connectivity index (χ2n) is 12.4. The number of carboxylic acids is 1. The zero-order valence-corrected chi connectivity index (χ0v) is 22.6. The molecule has 1 aromatic carbocycles. The molecule has 1 N–H and O–H groups in total. The first kappa shape index (κ1) is 25.4. The van der Waals surface area contributed by atoms with Crippen molar-refractivity contribution in [3.8, 4) is 0 Å². The Morgan fingerprint density at radius 1 is 0.784 bits per heavy atom. The molecule has 37 heavy (non-hydrogen) atoms. The van der Waals surface area contributed by atoms with Crippen LogP contribution in [0.5, 0.6) is 0 Å². The van der Waals surface area contributed by atoms with Gasteiger partial charge in [-0.2, -0.15) is 0 Å². The zero-order chi connectivity index (χ0) is 25.2. The highest BCUT2D eigenvalue weighted by Gasteiger charge is 2.43. The number of carboxylic acid groups (broad SMARTS) is 1. The van der Waals surface area contributed by atoms with Gasteiger partial charge < -0.3 is 9.67 Å². The van der Waals surface area contributed by atoms with Gasteiger partial charge in [-0.15, -0.1) is 0 Å². The first-order valence-corrected chi connectivity index (χ1v) is 15.4. The summed E-state index contributed by atoms with van der Waals surface area (Å²) in [5, 5.41) is 9.55. The number of aromatic nitrogens is 2. The molecule has 4 fully saturated rings. The number of fused-ring (bicyclic) bond motifs is 3. The van der Waals surface area contributed by atoms with Crippen LogP contribution in [0.4, 0.5) is 0 Å². The van der Waals surface area contributed by atoms with Gasteiger partial charge in [0.15, 0.2) is 0 Å². The molecule has 6 rings (SSSR count). The van der Waals surface area contributed by atoms with Crippen molar-refractivity contribution in [2.45, 2.75) is 133 Å². The Bertz CT molecular complexity index is 1040. The molecule has 1 saturated carbocycles. The fourth-order valence-corrected chi connectivity index (χ4v) is 8.45. The van der Waals surface area contributed by atoms with Gasteiger partial charge in [0.25, 0.3) is 0 Å². The van der Waals surface area contributed by atoms with E-state index >= 15 is 0 Å². The summed E-state index contributed by atoms with van der Waals surface area (Å²) in [6.45, 7) is 0.963. The minimum absolute atomic E-state index is 0.110. The first-order chi connectivity index (χ1) is 18.2. The first-order valence-electron chi connectivity index (χ1n) is 15.4. The molecule has 1 aromatic heterocycles. The van der Waals surface area contributed by atoms with E-state index in [0.29, 0.717) is 18.1 Å². The van der Waals surface area contributed by atoms with Crippen molar-refractivity contribution in [2.24, 2.45) is 0 Å². The van der Waals surface area contributed by atoms with Crippen LogP contribution in [0.15, 0.2) is 24.3 Å². The number of likely N-dealkylation sites (tertiary alicyclic amines) is 1. The molecule has 1 aliphatic carbocycles. The van der Waals surface area contributed by atoms with Gasteiger partial charge in [-0.3, -0.25) is 14.6 Å². The maximum atomic E-state index is 11.6. The molecule has 3 saturated heterocycles. The Kier molecular flexibility index (Phi) is 7.85. The Morgan fingerprint density at radius 2 is 1.43 bits per heavy atom. The number of benzene rings is 1. The van der Waals surface area contributed by atoms with Crippen LogP contribution in [0.1, 0.15) is 121 Å². The molecule has 4 heterocycles. The van der Waals surface area contributed by atoms with Crippen LogP contribution in [-0.2, 0) is 4.79 Å². The Balaban J connectivity index is 1.29. The maximum absolute atomic E-state index is 11.6. The molecular formula is C31H46N4O2. The minimum Gasteiger partial charge on any atom is -0.480 e. The molecular weight excluding hydrogens is 460 g/mol. The van der Waals surface area contributed by atoms with Gasteiger partial charge >= 0.3 is 5.97 Å². The Labute approximate surface area is 222 Å². The van der Waals surface area contributed by atoms with Crippen LogP contribution in [0.25, 0.3) is 11.0 Å². The summed E-state index contributed by atoms with van der Waals surface area (Å²) in [7, 11) is 0. The lowest BCUT2D eigenvalue weighted by molar-refractivity contribution is -0.138. The average molecular weight is 507 g/mol. The summed E-state index contributed by atoms with van der Waals surface area (Å²) in [6.07, 6.45) is 21.2. The average Bonchev–Trinajstić information content (AvgIpc) is 3.50. The van der Waals surface area contributed by atoms with E-state index in [0.717, 1.165) is 36.8 Å². The summed E-state index contributed by atoms with van der Waals surface area (Å²) in [6, 6.07) is 11.3. The van der Waals surface area contributed by atoms with Crippen molar-refractivity contribution in [3.63, 3.8) is 0 Å². The summed E-state index contributed by atoms with van der Waals surface area (Å²) < 4.78 is 2.58. The van der Waals surface area contributed by atoms with Gasteiger partial charge in [-0.05, 0) is 70.0 Å². The molecule has 3 aliphatic heterocycles. The van der Waals surface area contributed by atoms with Crippen molar-refractivity contribution in [1.82, 2.24) is 19.4 Å². The number of aliphatic carboxylic acids is 1. The largest absolute Gasteiger partial charge is 0.480 e. The number of para-hydroxylation sites is 2. The highest BCUT2D eigenvalue weighted by Crippen LogP contribution is 2.45. The van der Waals surface area contributed by atoms with Gasteiger partial charge in [0.1, 0.15) is 5.82 Å². The lowest BCUT2D eigenvalue weighted by Gasteiger charge is -2.53. The molecule has 4 atom stereocenters. The normalized spacial score (nSPS) is 31.0. The summed E-state index contributed by atoms with van der Waals surface area (Å²) in [4.78, 5) is 22.0. The van der Waals surface area contributed by atoms with Crippen molar-refractivity contribution in [2.75, 3.05) is 13.1 Å². The van der Waals surface area contributed by atoms with Crippen molar-refractivity contribution in [1.29, 1.82) is 0 Å². The van der Waals surface area contributed by atoms with E-state index in [1.54, 1.807) is 0 Å². The second-order valence-corrected chi connectivity index (χ2v) is 12.4. The summed E-state index contributed by atoms with van der Waals surface area (Å²) in [5.41, 5.74) is 2.31. The molecule has 6 nitrogen and oxygen atoms in total. The number of nitrogens with zero attached hydrogens (tertiary/aromatic N) is 4. The molecule has 0 amide bonds. The molecule has 0 unspecified atom stereocenters. The number of piperidine rings is 2. The van der Waals surface area contributed by atoms with Gasteiger partial charge in [-0.25, -0.2) is 4.98 Å². The third kappa shape index (κ3) is 5.34. The van der Waals surface area contributed by atoms with E-state index in [2.05, 4.69) is 38.6 Å². The zero-order valence-electron chi connectivity index (χ0n) is 22.6. The topological polar surface area (TPSA) is 61.6 Å². The predicted octanol–water partition coefficient (Wildman–Crippen LogP) is 6.71. The lowest BCUT2D eigenvalue weighted by Crippen LogP contribution is -2.56. The van der Waals surface area contributed by atoms with Crippen LogP contribution in [0.2, 0.25) is 0 Å². The van der Waals surface area contributed by atoms with Crippen LogP contribution < -0.4 is 0 Å². The molecule has 0 spiro atoms. The van der Waals surface area contributed by atoms with Crippen LogP contribution in [0.3, 0.4) is 0 Å². The molecule has 2 bridgehead atoms. The lowest BCUT2D eigenvalue weighted by atomic mass is 9.79. The third-order valence-corrected chi connectivity index (χ3v) is 9.99. The summed E-state index contributed by atoms with van der Waals surface area (Å²) >= 11 is 0. The fourth-order valence-electron chi connectivity index (χ4n) is 8.45. The Hall–Kier alpha value is -1.92. The highest BCUT2D eigenvalue weighted by atomic mass is 16.4. The molecule has 202 valence electrons. The predicted molar refractivity (Wildman–Crippen MR) is 148 cm³/mol. The minimum atomic E-state index is -0.733. The van der Waals surface area contributed by atoms with Crippen LogP contribution in [-0.4, -0.2) is 61.6 Å². The van der Waals surface area contributed by atoms with E-state index in [1.165, 1.54) is 95.4 Å². The summed E-state index contributed by atoms with van der Waals surface area (Å²) in [5.74, 6) is 0.387. The van der Waals surface area contributed by atoms with Gasteiger partial charge in [0.2, 0.25) is 0 Å². The van der Waals surface area contributed by atoms with Gasteiger partial charge in [0.05, 0.1) is 23.6 Å². The monoisotopic (exact) mass is 506 g/mol. The van der Waals surface area contributed by atoms with Crippen molar-refractivity contribution >= 4 is 17.0 Å². The number of hydrogen-bond donors (Lipinski definition) is 1. The van der Waals surface area contributed by atoms with E-state index < -0.39 is 5.97 Å². The molecule has 2 aromatic rings. The number of rotatable bonds is 5. The number of carbonyl (C=O) groups is 1. The fraction of sp³-hybridized carbons (Fsp3) is 0.742. The maximum Gasteiger partial charge on any atom is 0.317 e. The van der Waals surface area contributed by atoms with Crippen molar-refractivity contribution < 1.29 is 9.90 Å². The van der Waals surface area contributed by atoms with Crippen LogP contribution in [0, 0.1) is 0 Å². The van der Waals surface area contributed by atoms with Gasteiger partial charge in [0, 0.05) is 24.2 Å². The van der Waals surface area contributed by atoms with Crippen molar-refractivity contribution in [3.05, 3.63) is 30.1 Å². The van der Waals surface area contributed by atoms with Gasteiger partial charge in [-0.1, -0.05) is 63.5 Å². The van der Waals surface area contributed by atoms with E-state index in [-0.39, 0.29) is 12.6 Å². The third-order valence-electron chi connectivity index (χ3n) is 9.99.